The van der Waals surface area contributed by atoms with Crippen LogP contribution in [-0.2, 0) is 4.74 Å². The molecule has 1 fully saturated rings. The highest BCUT2D eigenvalue weighted by atomic mass is 32.1. The highest BCUT2D eigenvalue weighted by Crippen LogP contribution is 2.30. The van der Waals surface area contributed by atoms with Crippen LogP contribution in [0.5, 0.6) is 0 Å². The minimum absolute atomic E-state index is 0.143. The van der Waals surface area contributed by atoms with Crippen LogP contribution in [0.2, 0.25) is 0 Å². The smallest absolute Gasteiger partial charge is 0.153 e. The lowest BCUT2D eigenvalue weighted by Crippen LogP contribution is -2.46. The van der Waals surface area contributed by atoms with Gasteiger partial charge in [0.1, 0.15) is 5.82 Å². The number of hydrogen-bond acceptors (Lipinski definition) is 5. The van der Waals surface area contributed by atoms with Gasteiger partial charge in [-0.1, -0.05) is 0 Å². The predicted molar refractivity (Wildman–Crippen MR) is 89.9 cm³/mol. The van der Waals surface area contributed by atoms with Gasteiger partial charge in [-0.15, -0.1) is 11.3 Å². The number of rotatable bonds is 3. The molecule has 4 nitrogen and oxygen atoms in total. The molecule has 0 unspecified atom stereocenters. The van der Waals surface area contributed by atoms with Crippen molar-refractivity contribution in [3.8, 4) is 10.4 Å². The van der Waals surface area contributed by atoms with E-state index in [1.807, 2.05) is 26.1 Å². The van der Waals surface area contributed by atoms with Crippen LogP contribution in [-0.4, -0.2) is 36.6 Å². The molecule has 0 saturated carbocycles. The number of aryl methyl sites for hydroxylation is 1. The van der Waals surface area contributed by atoms with Crippen molar-refractivity contribution < 1.29 is 9.53 Å². The molecule has 1 aliphatic heterocycles. The van der Waals surface area contributed by atoms with Crippen molar-refractivity contribution in [3.63, 3.8) is 0 Å². The number of aromatic nitrogens is 1. The third kappa shape index (κ3) is 3.05. The largest absolute Gasteiger partial charge is 0.372 e. The topological polar surface area (TPSA) is 42.4 Å². The van der Waals surface area contributed by atoms with Gasteiger partial charge in [-0.25, -0.2) is 4.98 Å². The molecule has 3 heterocycles. The van der Waals surface area contributed by atoms with E-state index in [1.54, 1.807) is 11.3 Å². The minimum Gasteiger partial charge on any atom is -0.372 e. The number of carbonyl (C=O) groups is 1. The standard InChI is InChI=1S/C17H20N2O2S/c1-11-8-19(9-12(2)21-11)17-15(10-20)6-14(7-18-17)16-5-4-13(3)22-16/h4-7,10-12H,8-9H2,1-3H3/t11-,12+. The van der Waals surface area contributed by atoms with Crippen LogP contribution >= 0.6 is 11.3 Å². The van der Waals surface area contributed by atoms with Crippen molar-refractivity contribution in [1.29, 1.82) is 0 Å². The molecule has 0 bridgehead atoms. The van der Waals surface area contributed by atoms with Gasteiger partial charge in [-0.05, 0) is 39.0 Å². The Morgan fingerprint density at radius 1 is 1.32 bits per heavy atom. The Labute approximate surface area is 134 Å². The Morgan fingerprint density at radius 3 is 2.64 bits per heavy atom. The summed E-state index contributed by atoms with van der Waals surface area (Å²) in [4.78, 5) is 20.6. The first kappa shape index (κ1) is 15.2. The summed E-state index contributed by atoms with van der Waals surface area (Å²) < 4.78 is 5.75. The van der Waals surface area contributed by atoms with E-state index < -0.39 is 0 Å². The fourth-order valence-corrected chi connectivity index (χ4v) is 3.75. The third-order valence-corrected chi connectivity index (χ3v) is 4.82. The Kier molecular flexibility index (Phi) is 4.27. The zero-order valence-electron chi connectivity index (χ0n) is 13.1. The van der Waals surface area contributed by atoms with E-state index in [1.165, 1.54) is 4.88 Å². The average molecular weight is 316 g/mol. The highest BCUT2D eigenvalue weighted by molar-refractivity contribution is 7.15. The van der Waals surface area contributed by atoms with Gasteiger partial charge < -0.3 is 9.64 Å². The first-order valence-corrected chi connectivity index (χ1v) is 8.31. The number of nitrogens with zero attached hydrogens (tertiary/aromatic N) is 2. The van der Waals surface area contributed by atoms with Gasteiger partial charge in [0.05, 0.1) is 17.8 Å². The van der Waals surface area contributed by atoms with E-state index in [0.29, 0.717) is 5.56 Å². The van der Waals surface area contributed by atoms with Crippen LogP contribution in [0.25, 0.3) is 10.4 Å². The maximum atomic E-state index is 11.5. The van der Waals surface area contributed by atoms with Gasteiger partial charge in [0.15, 0.2) is 6.29 Å². The first-order chi connectivity index (χ1) is 10.6. The number of thiophene rings is 1. The predicted octanol–water partition coefficient (Wildman–Crippen LogP) is 3.54. The highest BCUT2D eigenvalue weighted by Gasteiger charge is 2.25. The second kappa shape index (κ2) is 6.18. The maximum Gasteiger partial charge on any atom is 0.153 e. The van der Waals surface area contributed by atoms with E-state index in [9.17, 15) is 4.79 Å². The molecule has 0 amide bonds. The number of aldehydes is 1. The van der Waals surface area contributed by atoms with Gasteiger partial charge in [0, 0.05) is 34.6 Å². The monoisotopic (exact) mass is 316 g/mol. The quantitative estimate of drug-likeness (QED) is 0.812. The number of morpholine rings is 1. The summed E-state index contributed by atoms with van der Waals surface area (Å²) in [5.41, 5.74) is 1.64. The van der Waals surface area contributed by atoms with Crippen molar-refractivity contribution in [2.75, 3.05) is 18.0 Å². The molecule has 0 spiro atoms. The van der Waals surface area contributed by atoms with Crippen LogP contribution in [0.3, 0.4) is 0 Å². The molecule has 1 aliphatic rings. The molecule has 2 aromatic rings. The number of pyridine rings is 1. The zero-order chi connectivity index (χ0) is 15.7. The van der Waals surface area contributed by atoms with E-state index in [4.69, 9.17) is 4.74 Å². The Morgan fingerprint density at radius 2 is 2.05 bits per heavy atom. The molecule has 116 valence electrons. The average Bonchev–Trinajstić information content (AvgIpc) is 2.92. The fourth-order valence-electron chi connectivity index (χ4n) is 2.90. The summed E-state index contributed by atoms with van der Waals surface area (Å²) in [6, 6.07) is 6.09. The van der Waals surface area contributed by atoms with Crippen LogP contribution in [0.15, 0.2) is 24.4 Å². The summed E-state index contributed by atoms with van der Waals surface area (Å²) in [6.07, 6.45) is 3.05. The van der Waals surface area contributed by atoms with Gasteiger partial charge in [0.2, 0.25) is 0 Å². The van der Waals surface area contributed by atoms with Crippen LogP contribution in [0.1, 0.15) is 29.1 Å². The lowest BCUT2D eigenvalue weighted by atomic mass is 10.1. The van der Waals surface area contributed by atoms with Crippen molar-refractivity contribution in [3.05, 3.63) is 34.8 Å². The second-order valence-corrected chi connectivity index (χ2v) is 7.12. The number of anilines is 1. The molecule has 3 rings (SSSR count). The summed E-state index contributed by atoms with van der Waals surface area (Å²) in [6.45, 7) is 7.69. The van der Waals surface area contributed by atoms with Gasteiger partial charge in [0.25, 0.3) is 0 Å². The molecular weight excluding hydrogens is 296 g/mol. The molecular formula is C17H20N2O2S. The van der Waals surface area contributed by atoms with Crippen LogP contribution < -0.4 is 4.90 Å². The van der Waals surface area contributed by atoms with Gasteiger partial charge in [-0.3, -0.25) is 4.79 Å². The molecule has 2 atom stereocenters. The molecule has 0 aromatic carbocycles. The fraction of sp³-hybridized carbons (Fsp3) is 0.412. The molecule has 0 N–H and O–H groups in total. The zero-order valence-corrected chi connectivity index (χ0v) is 13.9. The lowest BCUT2D eigenvalue weighted by Gasteiger charge is -2.36. The normalized spacial score (nSPS) is 21.9. The summed E-state index contributed by atoms with van der Waals surface area (Å²) in [5, 5.41) is 0. The molecule has 2 aromatic heterocycles. The summed E-state index contributed by atoms with van der Waals surface area (Å²) >= 11 is 1.71. The third-order valence-electron chi connectivity index (χ3n) is 3.77. The van der Waals surface area contributed by atoms with E-state index in [-0.39, 0.29) is 12.2 Å². The Bertz CT molecular complexity index is 673. The second-order valence-electron chi connectivity index (χ2n) is 5.83. The Hall–Kier alpha value is -1.72. The molecule has 1 saturated heterocycles. The molecule has 0 aliphatic carbocycles. The Balaban J connectivity index is 1.94. The van der Waals surface area contributed by atoms with Gasteiger partial charge in [-0.2, -0.15) is 0 Å². The number of hydrogen-bond donors (Lipinski definition) is 0. The number of carbonyl (C=O) groups excluding carboxylic acids is 1. The maximum absolute atomic E-state index is 11.5. The molecule has 0 radical (unpaired) electrons. The van der Waals surface area contributed by atoms with Gasteiger partial charge >= 0.3 is 0 Å². The van der Waals surface area contributed by atoms with E-state index >= 15 is 0 Å². The molecule has 5 heteroatoms. The van der Waals surface area contributed by atoms with Crippen LogP contribution in [0.4, 0.5) is 5.82 Å². The van der Waals surface area contributed by atoms with Crippen molar-refractivity contribution in [2.45, 2.75) is 33.0 Å². The van der Waals surface area contributed by atoms with Crippen molar-refractivity contribution in [1.82, 2.24) is 4.98 Å². The SMILES string of the molecule is Cc1ccc(-c2cnc(N3C[C@@H](C)O[C@@H](C)C3)c(C=O)c2)s1. The van der Waals surface area contributed by atoms with E-state index in [2.05, 4.69) is 28.9 Å². The molecule has 22 heavy (non-hydrogen) atoms. The van der Waals surface area contributed by atoms with Crippen molar-refractivity contribution in [2.24, 2.45) is 0 Å². The summed E-state index contributed by atoms with van der Waals surface area (Å²) in [7, 11) is 0. The van der Waals surface area contributed by atoms with Crippen molar-refractivity contribution >= 4 is 23.4 Å². The van der Waals surface area contributed by atoms with E-state index in [0.717, 1.165) is 35.6 Å². The lowest BCUT2D eigenvalue weighted by molar-refractivity contribution is -0.00549. The minimum atomic E-state index is 0.143. The van der Waals surface area contributed by atoms with Crippen LogP contribution in [0, 0.1) is 6.92 Å². The number of ether oxygens (including phenoxy) is 1. The summed E-state index contributed by atoms with van der Waals surface area (Å²) in [5.74, 6) is 0.758. The first-order valence-electron chi connectivity index (χ1n) is 7.49.